The monoisotopic (exact) mass is 235 g/mol. The number of hydrogen-bond donors (Lipinski definition) is 1. The lowest BCUT2D eigenvalue weighted by Crippen LogP contribution is -2.08. The summed E-state index contributed by atoms with van der Waals surface area (Å²) in [5, 5.41) is 4.09. The number of benzene rings is 1. The van der Waals surface area contributed by atoms with E-state index < -0.39 is 0 Å². The quantitative estimate of drug-likeness (QED) is 0.883. The number of halogens is 1. The van der Waals surface area contributed by atoms with E-state index in [1.165, 1.54) is 6.07 Å². The molecule has 0 radical (unpaired) electrons. The Kier molecular flexibility index (Phi) is 3.27. The summed E-state index contributed by atoms with van der Waals surface area (Å²) in [6.07, 6.45) is 1.57. The summed E-state index contributed by atoms with van der Waals surface area (Å²) in [6, 6.07) is 6.28. The normalized spacial score (nSPS) is 10.5. The van der Waals surface area contributed by atoms with Gasteiger partial charge < -0.3 is 10.5 Å². The van der Waals surface area contributed by atoms with Crippen LogP contribution < -0.4 is 10.5 Å². The smallest absolute Gasteiger partial charge is 0.165 e. The summed E-state index contributed by atoms with van der Waals surface area (Å²) < 4.78 is 20.4. The average molecular weight is 235 g/mol. The van der Waals surface area contributed by atoms with E-state index in [1.54, 1.807) is 29.1 Å². The zero-order valence-corrected chi connectivity index (χ0v) is 9.56. The van der Waals surface area contributed by atoms with E-state index in [-0.39, 0.29) is 18.2 Å². The Morgan fingerprint density at radius 1 is 1.41 bits per heavy atom. The van der Waals surface area contributed by atoms with Crippen LogP contribution in [-0.4, -0.2) is 9.78 Å². The van der Waals surface area contributed by atoms with Crippen molar-refractivity contribution < 1.29 is 9.13 Å². The molecule has 0 bridgehead atoms. The van der Waals surface area contributed by atoms with Crippen LogP contribution in [0.15, 0.2) is 30.5 Å². The van der Waals surface area contributed by atoms with Crippen LogP contribution in [0.1, 0.15) is 12.6 Å². The van der Waals surface area contributed by atoms with Crippen molar-refractivity contribution in [1.82, 2.24) is 9.78 Å². The molecular weight excluding hydrogens is 221 g/mol. The molecule has 2 aromatic rings. The van der Waals surface area contributed by atoms with Gasteiger partial charge in [0, 0.05) is 6.54 Å². The SMILES string of the molecule is CCn1ncc(N)c1COc1ccccc1F. The number of para-hydroxylation sites is 1. The molecular formula is C12H14FN3O. The molecule has 17 heavy (non-hydrogen) atoms. The second-order valence-electron chi connectivity index (χ2n) is 3.58. The van der Waals surface area contributed by atoms with Crippen LogP contribution in [0.4, 0.5) is 10.1 Å². The van der Waals surface area contributed by atoms with Crippen LogP contribution in [0.5, 0.6) is 5.75 Å². The fraction of sp³-hybridized carbons (Fsp3) is 0.250. The topological polar surface area (TPSA) is 53.1 Å². The molecule has 0 unspecified atom stereocenters. The van der Waals surface area contributed by atoms with Crippen molar-refractivity contribution in [2.75, 3.05) is 5.73 Å². The molecule has 0 saturated carbocycles. The van der Waals surface area contributed by atoms with Crippen molar-refractivity contribution in [3.8, 4) is 5.75 Å². The maximum absolute atomic E-state index is 13.3. The third kappa shape index (κ3) is 2.38. The standard InChI is InChI=1S/C12H14FN3O/c1-2-16-11(10(14)7-15-16)8-17-12-6-4-3-5-9(12)13/h3-7H,2,8,14H2,1H3. The maximum Gasteiger partial charge on any atom is 0.165 e. The molecule has 90 valence electrons. The Labute approximate surface area is 98.8 Å². The van der Waals surface area contributed by atoms with Gasteiger partial charge in [-0.05, 0) is 19.1 Å². The van der Waals surface area contributed by atoms with Crippen molar-refractivity contribution in [1.29, 1.82) is 0 Å². The highest BCUT2D eigenvalue weighted by Crippen LogP contribution is 2.19. The van der Waals surface area contributed by atoms with Crippen LogP contribution in [0.2, 0.25) is 0 Å². The number of rotatable bonds is 4. The van der Waals surface area contributed by atoms with Gasteiger partial charge in [-0.25, -0.2) is 4.39 Å². The molecule has 4 nitrogen and oxygen atoms in total. The number of hydrogen-bond acceptors (Lipinski definition) is 3. The largest absolute Gasteiger partial charge is 0.484 e. The molecule has 5 heteroatoms. The van der Waals surface area contributed by atoms with E-state index in [2.05, 4.69) is 5.10 Å². The second kappa shape index (κ2) is 4.86. The molecule has 2 N–H and O–H groups in total. The van der Waals surface area contributed by atoms with Gasteiger partial charge in [0.2, 0.25) is 0 Å². The Hall–Kier alpha value is -2.04. The highest BCUT2D eigenvalue weighted by Gasteiger charge is 2.09. The molecule has 0 amide bonds. The van der Waals surface area contributed by atoms with E-state index in [0.717, 1.165) is 5.69 Å². The third-order valence-electron chi connectivity index (χ3n) is 2.48. The van der Waals surface area contributed by atoms with Crippen molar-refractivity contribution in [3.05, 3.63) is 42.0 Å². The second-order valence-corrected chi connectivity index (χ2v) is 3.58. The van der Waals surface area contributed by atoms with Crippen molar-refractivity contribution in [3.63, 3.8) is 0 Å². The van der Waals surface area contributed by atoms with Gasteiger partial charge in [0.25, 0.3) is 0 Å². The highest BCUT2D eigenvalue weighted by atomic mass is 19.1. The lowest BCUT2D eigenvalue weighted by atomic mass is 10.3. The summed E-state index contributed by atoms with van der Waals surface area (Å²) in [4.78, 5) is 0. The zero-order valence-electron chi connectivity index (χ0n) is 9.56. The summed E-state index contributed by atoms with van der Waals surface area (Å²) in [5.74, 6) is -0.163. The number of nitrogen functional groups attached to an aromatic ring is 1. The van der Waals surface area contributed by atoms with E-state index in [1.807, 2.05) is 6.92 Å². The average Bonchev–Trinajstić information content (AvgIpc) is 2.69. The van der Waals surface area contributed by atoms with Crippen LogP contribution >= 0.6 is 0 Å². The first kappa shape index (κ1) is 11.4. The van der Waals surface area contributed by atoms with Gasteiger partial charge in [0.1, 0.15) is 6.61 Å². The molecule has 1 heterocycles. The minimum absolute atomic E-state index is 0.209. The minimum atomic E-state index is -0.381. The Balaban J connectivity index is 2.12. The summed E-state index contributed by atoms with van der Waals surface area (Å²) >= 11 is 0. The Bertz CT molecular complexity index is 510. The fourth-order valence-corrected chi connectivity index (χ4v) is 1.56. The number of ether oxygens (including phenoxy) is 1. The summed E-state index contributed by atoms with van der Waals surface area (Å²) in [5.41, 5.74) is 7.08. The van der Waals surface area contributed by atoms with Gasteiger partial charge in [-0.15, -0.1) is 0 Å². The number of nitrogens with zero attached hydrogens (tertiary/aromatic N) is 2. The summed E-state index contributed by atoms with van der Waals surface area (Å²) in [6.45, 7) is 2.87. The van der Waals surface area contributed by atoms with Crippen LogP contribution in [0.25, 0.3) is 0 Å². The Morgan fingerprint density at radius 3 is 2.88 bits per heavy atom. The van der Waals surface area contributed by atoms with Crippen LogP contribution in [-0.2, 0) is 13.2 Å². The van der Waals surface area contributed by atoms with Gasteiger partial charge >= 0.3 is 0 Å². The van der Waals surface area contributed by atoms with E-state index >= 15 is 0 Å². The molecule has 0 saturated heterocycles. The van der Waals surface area contributed by atoms with Gasteiger partial charge in [0.15, 0.2) is 11.6 Å². The molecule has 2 rings (SSSR count). The van der Waals surface area contributed by atoms with Crippen LogP contribution in [0.3, 0.4) is 0 Å². The number of aromatic nitrogens is 2. The maximum atomic E-state index is 13.3. The van der Waals surface area contributed by atoms with E-state index in [0.29, 0.717) is 12.2 Å². The van der Waals surface area contributed by atoms with Crippen molar-refractivity contribution >= 4 is 5.69 Å². The molecule has 0 aliphatic carbocycles. The van der Waals surface area contributed by atoms with E-state index in [4.69, 9.17) is 10.5 Å². The molecule has 0 aliphatic rings. The molecule has 0 fully saturated rings. The Morgan fingerprint density at radius 2 is 2.18 bits per heavy atom. The third-order valence-corrected chi connectivity index (χ3v) is 2.48. The number of aryl methyl sites for hydroxylation is 1. The van der Waals surface area contributed by atoms with Crippen molar-refractivity contribution in [2.24, 2.45) is 0 Å². The van der Waals surface area contributed by atoms with Crippen LogP contribution in [0, 0.1) is 5.82 Å². The number of anilines is 1. The van der Waals surface area contributed by atoms with Gasteiger partial charge in [-0.2, -0.15) is 5.10 Å². The lowest BCUT2D eigenvalue weighted by molar-refractivity contribution is 0.279. The predicted molar refractivity (Wildman–Crippen MR) is 63.0 cm³/mol. The minimum Gasteiger partial charge on any atom is -0.484 e. The molecule has 0 spiro atoms. The highest BCUT2D eigenvalue weighted by molar-refractivity contribution is 5.40. The van der Waals surface area contributed by atoms with Gasteiger partial charge in [-0.1, -0.05) is 12.1 Å². The molecule has 0 atom stereocenters. The molecule has 1 aromatic carbocycles. The first-order valence-electron chi connectivity index (χ1n) is 5.40. The van der Waals surface area contributed by atoms with Crippen molar-refractivity contribution in [2.45, 2.75) is 20.1 Å². The number of nitrogens with two attached hydrogens (primary N) is 1. The fourth-order valence-electron chi connectivity index (χ4n) is 1.56. The lowest BCUT2D eigenvalue weighted by Gasteiger charge is -2.09. The first-order valence-corrected chi connectivity index (χ1v) is 5.40. The predicted octanol–water partition coefficient (Wildman–Crippen LogP) is 2.20. The summed E-state index contributed by atoms with van der Waals surface area (Å²) in [7, 11) is 0. The van der Waals surface area contributed by atoms with E-state index in [9.17, 15) is 4.39 Å². The zero-order chi connectivity index (χ0) is 12.3. The van der Waals surface area contributed by atoms with Gasteiger partial charge in [-0.3, -0.25) is 4.68 Å². The molecule has 0 aliphatic heterocycles. The van der Waals surface area contributed by atoms with Gasteiger partial charge in [0.05, 0.1) is 17.6 Å². The first-order chi connectivity index (χ1) is 8.22. The molecule has 1 aromatic heterocycles.